The Morgan fingerprint density at radius 3 is 1.71 bits per heavy atom. The molecule has 1 aromatic rings. The SMILES string of the molecule is Cc1cc(C(C)(C)C2CC(C)C(C)C(C)C2)cc(C)c1C. The van der Waals surface area contributed by atoms with Gasteiger partial charge in [-0.15, -0.1) is 0 Å². The van der Waals surface area contributed by atoms with Crippen LogP contribution in [0.15, 0.2) is 12.1 Å². The Hall–Kier alpha value is -0.780. The van der Waals surface area contributed by atoms with Crippen molar-refractivity contribution in [2.45, 2.75) is 73.6 Å². The quantitative estimate of drug-likeness (QED) is 0.606. The average molecular weight is 287 g/mol. The Labute approximate surface area is 132 Å². The first-order chi connectivity index (χ1) is 9.64. The highest BCUT2D eigenvalue weighted by Gasteiger charge is 2.39. The molecule has 0 spiro atoms. The molecule has 0 bridgehead atoms. The third-order valence-corrected chi connectivity index (χ3v) is 6.80. The molecule has 2 unspecified atom stereocenters. The Morgan fingerprint density at radius 2 is 1.29 bits per heavy atom. The van der Waals surface area contributed by atoms with Crippen LogP contribution in [0, 0.1) is 44.4 Å². The Bertz CT molecular complexity index is 474. The first-order valence-corrected chi connectivity index (χ1v) is 8.73. The molecule has 1 aliphatic carbocycles. The zero-order chi connectivity index (χ0) is 15.9. The predicted molar refractivity (Wildman–Crippen MR) is 93.9 cm³/mol. The zero-order valence-corrected chi connectivity index (χ0v) is 15.4. The molecule has 1 fully saturated rings. The molecule has 0 aliphatic heterocycles. The number of aryl methyl sites for hydroxylation is 2. The van der Waals surface area contributed by atoms with Gasteiger partial charge in [0.15, 0.2) is 0 Å². The van der Waals surface area contributed by atoms with Crippen molar-refractivity contribution in [1.82, 2.24) is 0 Å². The van der Waals surface area contributed by atoms with Crippen molar-refractivity contribution in [3.8, 4) is 0 Å². The summed E-state index contributed by atoms with van der Waals surface area (Å²) in [5, 5.41) is 0. The lowest BCUT2D eigenvalue weighted by Gasteiger charge is -2.45. The van der Waals surface area contributed by atoms with E-state index in [2.05, 4.69) is 67.5 Å². The van der Waals surface area contributed by atoms with Crippen molar-refractivity contribution in [1.29, 1.82) is 0 Å². The molecule has 0 radical (unpaired) electrons. The van der Waals surface area contributed by atoms with Gasteiger partial charge in [-0.3, -0.25) is 0 Å². The largest absolute Gasteiger partial charge is 0.0622 e. The van der Waals surface area contributed by atoms with Crippen LogP contribution in [-0.2, 0) is 5.41 Å². The maximum Gasteiger partial charge on any atom is -0.00749 e. The van der Waals surface area contributed by atoms with Crippen molar-refractivity contribution < 1.29 is 0 Å². The highest BCUT2D eigenvalue weighted by atomic mass is 14.4. The van der Waals surface area contributed by atoms with Crippen molar-refractivity contribution in [2.75, 3.05) is 0 Å². The first-order valence-electron chi connectivity index (χ1n) is 8.73. The van der Waals surface area contributed by atoms with E-state index < -0.39 is 0 Å². The highest BCUT2D eigenvalue weighted by Crippen LogP contribution is 2.47. The van der Waals surface area contributed by atoms with E-state index in [0.717, 1.165) is 23.7 Å². The number of rotatable bonds is 2. The van der Waals surface area contributed by atoms with Crippen molar-refractivity contribution in [2.24, 2.45) is 23.7 Å². The molecule has 1 aromatic carbocycles. The maximum atomic E-state index is 2.47. The van der Waals surface area contributed by atoms with Crippen LogP contribution in [0.3, 0.4) is 0 Å². The molecule has 0 aromatic heterocycles. The summed E-state index contributed by atoms with van der Waals surface area (Å²) < 4.78 is 0. The van der Waals surface area contributed by atoms with E-state index in [9.17, 15) is 0 Å². The van der Waals surface area contributed by atoms with Crippen molar-refractivity contribution >= 4 is 0 Å². The van der Waals surface area contributed by atoms with Crippen LogP contribution >= 0.6 is 0 Å². The molecule has 0 saturated heterocycles. The molecule has 1 saturated carbocycles. The molecule has 2 rings (SSSR count). The lowest BCUT2D eigenvalue weighted by molar-refractivity contribution is 0.0977. The fraction of sp³-hybridized carbons (Fsp3) is 0.714. The van der Waals surface area contributed by atoms with Crippen LogP contribution in [0.1, 0.15) is 69.7 Å². The van der Waals surface area contributed by atoms with Crippen LogP contribution in [-0.4, -0.2) is 0 Å². The summed E-state index contributed by atoms with van der Waals surface area (Å²) in [6.07, 6.45) is 2.76. The maximum absolute atomic E-state index is 2.47. The molecule has 118 valence electrons. The van der Waals surface area contributed by atoms with Crippen molar-refractivity contribution in [3.63, 3.8) is 0 Å². The second-order valence-corrected chi connectivity index (χ2v) is 8.44. The summed E-state index contributed by atoms with van der Waals surface area (Å²) in [4.78, 5) is 0. The number of benzene rings is 1. The highest BCUT2D eigenvalue weighted by molar-refractivity contribution is 5.40. The number of hydrogen-bond acceptors (Lipinski definition) is 0. The van der Waals surface area contributed by atoms with Crippen LogP contribution in [0.25, 0.3) is 0 Å². The lowest BCUT2D eigenvalue weighted by atomic mass is 9.60. The molecular weight excluding hydrogens is 252 g/mol. The van der Waals surface area contributed by atoms with Gasteiger partial charge in [-0.25, -0.2) is 0 Å². The normalized spacial score (nSPS) is 30.5. The van der Waals surface area contributed by atoms with Gasteiger partial charge >= 0.3 is 0 Å². The van der Waals surface area contributed by atoms with Gasteiger partial charge in [0.1, 0.15) is 0 Å². The Morgan fingerprint density at radius 1 is 0.857 bits per heavy atom. The van der Waals surface area contributed by atoms with Crippen LogP contribution in [0.4, 0.5) is 0 Å². The van der Waals surface area contributed by atoms with Gasteiger partial charge in [-0.05, 0) is 85.0 Å². The van der Waals surface area contributed by atoms with E-state index in [4.69, 9.17) is 0 Å². The minimum atomic E-state index is 0.284. The van der Waals surface area contributed by atoms with Crippen LogP contribution < -0.4 is 0 Å². The van der Waals surface area contributed by atoms with Gasteiger partial charge in [0, 0.05) is 0 Å². The fourth-order valence-corrected chi connectivity index (χ4v) is 4.22. The summed E-state index contributed by atoms with van der Waals surface area (Å²) >= 11 is 0. The molecule has 0 heterocycles. The average Bonchev–Trinajstić information content (AvgIpc) is 2.40. The van der Waals surface area contributed by atoms with E-state index in [1.54, 1.807) is 5.56 Å². The molecule has 0 nitrogen and oxygen atoms in total. The monoisotopic (exact) mass is 286 g/mol. The standard InChI is InChI=1S/C21H34/c1-13-9-19(10-14(2)17(13)5)21(7,8)20-11-15(3)18(6)16(4)12-20/h9-10,15-16,18,20H,11-12H2,1-8H3. The minimum absolute atomic E-state index is 0.284. The molecule has 0 N–H and O–H groups in total. The van der Waals surface area contributed by atoms with E-state index in [1.165, 1.54) is 29.5 Å². The van der Waals surface area contributed by atoms with Gasteiger partial charge in [0.2, 0.25) is 0 Å². The second kappa shape index (κ2) is 5.78. The molecule has 2 atom stereocenters. The molecule has 0 amide bonds. The topological polar surface area (TPSA) is 0 Å². The van der Waals surface area contributed by atoms with Crippen LogP contribution in [0.2, 0.25) is 0 Å². The summed E-state index contributed by atoms with van der Waals surface area (Å²) in [6, 6.07) is 4.88. The van der Waals surface area contributed by atoms with E-state index in [0.29, 0.717) is 0 Å². The summed E-state index contributed by atoms with van der Waals surface area (Å²) in [5.41, 5.74) is 6.17. The van der Waals surface area contributed by atoms with Gasteiger partial charge in [0.25, 0.3) is 0 Å². The van der Waals surface area contributed by atoms with Gasteiger partial charge in [-0.2, -0.15) is 0 Å². The summed E-state index contributed by atoms with van der Waals surface area (Å²) in [6.45, 7) is 19.1. The third-order valence-electron chi connectivity index (χ3n) is 6.80. The van der Waals surface area contributed by atoms with Crippen LogP contribution in [0.5, 0.6) is 0 Å². The summed E-state index contributed by atoms with van der Waals surface area (Å²) in [7, 11) is 0. The van der Waals surface area contributed by atoms with Gasteiger partial charge < -0.3 is 0 Å². The van der Waals surface area contributed by atoms with E-state index >= 15 is 0 Å². The lowest BCUT2D eigenvalue weighted by Crippen LogP contribution is -2.38. The Kier molecular flexibility index (Phi) is 4.57. The predicted octanol–water partition coefficient (Wildman–Crippen LogP) is 6.21. The zero-order valence-electron chi connectivity index (χ0n) is 15.4. The molecule has 0 heteroatoms. The van der Waals surface area contributed by atoms with Gasteiger partial charge in [-0.1, -0.05) is 46.8 Å². The summed E-state index contributed by atoms with van der Waals surface area (Å²) in [5.74, 6) is 3.38. The second-order valence-electron chi connectivity index (χ2n) is 8.44. The van der Waals surface area contributed by atoms with Gasteiger partial charge in [0.05, 0.1) is 0 Å². The minimum Gasteiger partial charge on any atom is -0.0622 e. The van der Waals surface area contributed by atoms with E-state index in [1.807, 2.05) is 0 Å². The van der Waals surface area contributed by atoms with E-state index in [-0.39, 0.29) is 5.41 Å². The molecular formula is C21H34. The molecule has 21 heavy (non-hydrogen) atoms. The smallest absolute Gasteiger partial charge is 0.00749 e. The molecule has 1 aliphatic rings. The van der Waals surface area contributed by atoms with Crippen molar-refractivity contribution in [3.05, 3.63) is 34.4 Å². The number of hydrogen-bond donors (Lipinski definition) is 0. The third kappa shape index (κ3) is 3.05. The first kappa shape index (κ1) is 16.6. The Balaban J connectivity index is 2.33. The fourth-order valence-electron chi connectivity index (χ4n) is 4.22.